The van der Waals surface area contributed by atoms with Crippen molar-refractivity contribution in [3.8, 4) is 0 Å². The number of rotatable bonds is 2. The molecule has 1 unspecified atom stereocenters. The first-order valence-corrected chi connectivity index (χ1v) is 5.74. The van der Waals surface area contributed by atoms with Gasteiger partial charge in [-0.3, -0.25) is 0 Å². The minimum atomic E-state index is 0.726. The average Bonchev–Trinajstić information content (AvgIpc) is 2.03. The lowest BCUT2D eigenvalue weighted by Gasteiger charge is -2.40. The first-order valence-electron chi connectivity index (χ1n) is 5.74. The van der Waals surface area contributed by atoms with E-state index in [4.69, 9.17) is 0 Å². The summed E-state index contributed by atoms with van der Waals surface area (Å²) in [5.41, 5.74) is 0. The van der Waals surface area contributed by atoms with Gasteiger partial charge in [0.25, 0.3) is 0 Å². The molecule has 0 aromatic carbocycles. The molecule has 0 N–H and O–H groups in total. The maximum absolute atomic E-state index is 2.64. The fourth-order valence-corrected chi connectivity index (χ4v) is 2.35. The van der Waals surface area contributed by atoms with Crippen LogP contribution < -0.4 is 0 Å². The molecule has 1 aliphatic heterocycles. The summed E-state index contributed by atoms with van der Waals surface area (Å²) in [6.07, 6.45) is 1.43. The quantitative estimate of drug-likeness (QED) is 0.636. The Morgan fingerprint density at radius 3 is 2.15 bits per heavy atom. The summed E-state index contributed by atoms with van der Waals surface area (Å²) in [6.45, 7) is 14.4. The summed E-state index contributed by atoms with van der Waals surface area (Å²) < 4.78 is 0. The van der Waals surface area contributed by atoms with Gasteiger partial charge >= 0.3 is 0 Å². The molecule has 0 bridgehead atoms. The Balaban J connectivity index is 2.52. The smallest absolute Gasteiger partial charge is 0.00388 e. The normalized spacial score (nSPS) is 31.6. The molecule has 0 aromatic heterocycles. The Bertz CT molecular complexity index is 135. The van der Waals surface area contributed by atoms with Gasteiger partial charge in [0, 0.05) is 19.1 Å². The molecule has 78 valence electrons. The van der Waals surface area contributed by atoms with Gasteiger partial charge in [-0.25, -0.2) is 0 Å². The van der Waals surface area contributed by atoms with Crippen molar-refractivity contribution in [2.75, 3.05) is 13.1 Å². The minimum Gasteiger partial charge on any atom is -0.300 e. The van der Waals surface area contributed by atoms with E-state index in [1.54, 1.807) is 0 Å². The molecule has 0 radical (unpaired) electrons. The van der Waals surface area contributed by atoms with Crippen LogP contribution in [0, 0.1) is 17.8 Å². The van der Waals surface area contributed by atoms with Gasteiger partial charge in [0.15, 0.2) is 0 Å². The highest BCUT2D eigenvalue weighted by atomic mass is 15.2. The molecule has 0 spiro atoms. The second-order valence-corrected chi connectivity index (χ2v) is 5.39. The van der Waals surface area contributed by atoms with Crippen LogP contribution in [-0.2, 0) is 0 Å². The van der Waals surface area contributed by atoms with Crippen molar-refractivity contribution in [2.45, 2.75) is 47.1 Å². The van der Waals surface area contributed by atoms with Gasteiger partial charge in [-0.15, -0.1) is 0 Å². The number of piperidine rings is 1. The fraction of sp³-hybridized carbons (Fsp3) is 1.00. The SMILES string of the molecule is CC1C[C@H](C(C)C)CN(C(C)C)C1. The molecule has 1 saturated heterocycles. The van der Waals surface area contributed by atoms with Crippen LogP contribution in [0.15, 0.2) is 0 Å². The molecule has 0 amide bonds. The van der Waals surface area contributed by atoms with Gasteiger partial charge in [-0.1, -0.05) is 20.8 Å². The summed E-state index contributed by atoms with van der Waals surface area (Å²) in [5, 5.41) is 0. The first kappa shape index (κ1) is 11.0. The zero-order valence-corrected chi connectivity index (χ0v) is 9.88. The van der Waals surface area contributed by atoms with E-state index in [-0.39, 0.29) is 0 Å². The predicted octanol–water partition coefficient (Wildman–Crippen LogP) is 3.01. The topological polar surface area (TPSA) is 3.24 Å². The van der Waals surface area contributed by atoms with Crippen molar-refractivity contribution in [3.05, 3.63) is 0 Å². The highest BCUT2D eigenvalue weighted by Crippen LogP contribution is 2.27. The Hall–Kier alpha value is -0.0400. The van der Waals surface area contributed by atoms with E-state index < -0.39 is 0 Å². The van der Waals surface area contributed by atoms with E-state index in [1.165, 1.54) is 19.5 Å². The van der Waals surface area contributed by atoms with Crippen LogP contribution in [0.4, 0.5) is 0 Å². The molecule has 13 heavy (non-hydrogen) atoms. The number of hydrogen-bond acceptors (Lipinski definition) is 1. The van der Waals surface area contributed by atoms with E-state index in [9.17, 15) is 0 Å². The fourth-order valence-electron chi connectivity index (χ4n) is 2.35. The van der Waals surface area contributed by atoms with Gasteiger partial charge in [-0.05, 0) is 38.0 Å². The molecular weight excluding hydrogens is 158 g/mol. The van der Waals surface area contributed by atoms with Gasteiger partial charge in [0.2, 0.25) is 0 Å². The van der Waals surface area contributed by atoms with Crippen molar-refractivity contribution >= 4 is 0 Å². The molecule has 0 saturated carbocycles. The van der Waals surface area contributed by atoms with Crippen LogP contribution in [0.5, 0.6) is 0 Å². The van der Waals surface area contributed by atoms with E-state index in [1.807, 2.05) is 0 Å². The summed E-state index contributed by atoms with van der Waals surface area (Å²) in [6, 6.07) is 0.726. The van der Waals surface area contributed by atoms with Crippen molar-refractivity contribution in [2.24, 2.45) is 17.8 Å². The highest BCUT2D eigenvalue weighted by Gasteiger charge is 2.27. The molecule has 0 aromatic rings. The lowest BCUT2D eigenvalue weighted by molar-refractivity contribution is 0.0824. The maximum Gasteiger partial charge on any atom is 0.00388 e. The van der Waals surface area contributed by atoms with Gasteiger partial charge < -0.3 is 4.90 Å². The molecular formula is C12H25N. The van der Waals surface area contributed by atoms with Gasteiger partial charge in [0.05, 0.1) is 0 Å². The van der Waals surface area contributed by atoms with Crippen LogP contribution in [0.1, 0.15) is 41.0 Å². The van der Waals surface area contributed by atoms with Crippen molar-refractivity contribution in [1.82, 2.24) is 4.90 Å². The van der Waals surface area contributed by atoms with E-state index in [2.05, 4.69) is 39.5 Å². The van der Waals surface area contributed by atoms with Crippen molar-refractivity contribution in [1.29, 1.82) is 0 Å². The van der Waals surface area contributed by atoms with Gasteiger partial charge in [-0.2, -0.15) is 0 Å². The van der Waals surface area contributed by atoms with Crippen LogP contribution >= 0.6 is 0 Å². The maximum atomic E-state index is 2.64. The summed E-state index contributed by atoms with van der Waals surface area (Å²) in [5.74, 6) is 2.67. The Labute approximate surface area is 83.5 Å². The molecule has 1 rings (SSSR count). The third kappa shape index (κ3) is 2.98. The highest BCUT2D eigenvalue weighted by molar-refractivity contribution is 4.80. The third-order valence-electron chi connectivity index (χ3n) is 3.39. The second kappa shape index (κ2) is 4.45. The number of likely N-dealkylation sites (tertiary alicyclic amines) is 1. The van der Waals surface area contributed by atoms with E-state index >= 15 is 0 Å². The summed E-state index contributed by atoms with van der Waals surface area (Å²) in [7, 11) is 0. The average molecular weight is 183 g/mol. The van der Waals surface area contributed by atoms with Crippen molar-refractivity contribution in [3.63, 3.8) is 0 Å². The standard InChI is InChI=1S/C12H25N/c1-9(2)12-6-11(5)7-13(8-12)10(3)4/h9-12H,6-8H2,1-5H3/t11?,12-/m0/s1. The van der Waals surface area contributed by atoms with Crippen LogP contribution in [0.2, 0.25) is 0 Å². The third-order valence-corrected chi connectivity index (χ3v) is 3.39. The Kier molecular flexibility index (Phi) is 3.78. The zero-order valence-electron chi connectivity index (χ0n) is 9.88. The summed E-state index contributed by atoms with van der Waals surface area (Å²) in [4.78, 5) is 2.64. The Morgan fingerprint density at radius 2 is 1.69 bits per heavy atom. The van der Waals surface area contributed by atoms with E-state index in [0.29, 0.717) is 0 Å². The first-order chi connectivity index (χ1) is 6.00. The molecule has 1 heterocycles. The van der Waals surface area contributed by atoms with Crippen molar-refractivity contribution < 1.29 is 0 Å². The minimum absolute atomic E-state index is 0.726. The summed E-state index contributed by atoms with van der Waals surface area (Å²) >= 11 is 0. The molecule has 1 heteroatoms. The zero-order chi connectivity index (χ0) is 10.0. The molecule has 1 fully saturated rings. The van der Waals surface area contributed by atoms with Gasteiger partial charge in [0.1, 0.15) is 0 Å². The van der Waals surface area contributed by atoms with Crippen LogP contribution in [-0.4, -0.2) is 24.0 Å². The largest absolute Gasteiger partial charge is 0.300 e. The number of nitrogens with zero attached hydrogens (tertiary/aromatic N) is 1. The lowest BCUT2D eigenvalue weighted by atomic mass is 9.83. The molecule has 0 aliphatic carbocycles. The van der Waals surface area contributed by atoms with Crippen LogP contribution in [0.3, 0.4) is 0 Å². The predicted molar refractivity (Wildman–Crippen MR) is 58.8 cm³/mol. The van der Waals surface area contributed by atoms with Crippen LogP contribution in [0.25, 0.3) is 0 Å². The number of hydrogen-bond donors (Lipinski definition) is 0. The molecule has 1 nitrogen and oxygen atoms in total. The lowest BCUT2D eigenvalue weighted by Crippen LogP contribution is -2.44. The monoisotopic (exact) mass is 183 g/mol. The molecule has 2 atom stereocenters. The van der Waals surface area contributed by atoms with E-state index in [0.717, 1.165) is 23.8 Å². The Morgan fingerprint density at radius 1 is 1.08 bits per heavy atom. The second-order valence-electron chi connectivity index (χ2n) is 5.39. The molecule has 1 aliphatic rings.